The number of aromatic nitrogens is 3. The zero-order chi connectivity index (χ0) is 13.1. The van der Waals surface area contributed by atoms with Gasteiger partial charge in [0.25, 0.3) is 0 Å². The predicted molar refractivity (Wildman–Crippen MR) is 71.0 cm³/mol. The topological polar surface area (TPSA) is 73.1 Å². The SMILES string of the molecule is CCCNC1COCC1c1nc(-c2cncs2)no1. The highest BCUT2D eigenvalue weighted by Gasteiger charge is 2.33. The van der Waals surface area contributed by atoms with Crippen LogP contribution in [-0.4, -0.2) is 40.9 Å². The quantitative estimate of drug-likeness (QED) is 0.898. The molecule has 0 saturated carbocycles. The van der Waals surface area contributed by atoms with E-state index in [1.807, 2.05) is 0 Å². The smallest absolute Gasteiger partial charge is 0.234 e. The van der Waals surface area contributed by atoms with Gasteiger partial charge in [-0.1, -0.05) is 12.1 Å². The van der Waals surface area contributed by atoms with Crippen molar-refractivity contribution in [2.24, 2.45) is 0 Å². The van der Waals surface area contributed by atoms with E-state index in [-0.39, 0.29) is 12.0 Å². The van der Waals surface area contributed by atoms with Gasteiger partial charge in [0.2, 0.25) is 11.7 Å². The molecule has 19 heavy (non-hydrogen) atoms. The number of hydrogen-bond donors (Lipinski definition) is 1. The van der Waals surface area contributed by atoms with Gasteiger partial charge in [-0.3, -0.25) is 4.98 Å². The molecule has 1 aliphatic rings. The Hall–Kier alpha value is -1.31. The highest BCUT2D eigenvalue weighted by atomic mass is 32.1. The van der Waals surface area contributed by atoms with Crippen molar-refractivity contribution in [1.82, 2.24) is 20.4 Å². The van der Waals surface area contributed by atoms with Crippen LogP contribution in [0.2, 0.25) is 0 Å². The molecule has 3 heterocycles. The standard InChI is InChI=1S/C12H16N4O2S/c1-2-3-14-9-6-17-5-8(9)12-15-11(16-18-12)10-4-13-7-19-10/h4,7-9,14H,2-3,5-6H2,1H3. The van der Waals surface area contributed by atoms with Gasteiger partial charge in [-0.25, -0.2) is 0 Å². The number of ether oxygens (including phenoxy) is 1. The molecule has 0 aromatic carbocycles. The molecule has 1 saturated heterocycles. The van der Waals surface area contributed by atoms with E-state index in [1.165, 1.54) is 11.3 Å². The van der Waals surface area contributed by atoms with Gasteiger partial charge >= 0.3 is 0 Å². The molecule has 2 aromatic heterocycles. The molecule has 102 valence electrons. The summed E-state index contributed by atoms with van der Waals surface area (Å²) >= 11 is 1.50. The van der Waals surface area contributed by atoms with Crippen molar-refractivity contribution in [2.45, 2.75) is 25.3 Å². The lowest BCUT2D eigenvalue weighted by Crippen LogP contribution is -2.34. The molecule has 2 unspecified atom stereocenters. The number of rotatable bonds is 5. The summed E-state index contributed by atoms with van der Waals surface area (Å²) in [5.41, 5.74) is 1.76. The second-order valence-corrected chi connectivity index (χ2v) is 5.41. The van der Waals surface area contributed by atoms with E-state index in [4.69, 9.17) is 9.26 Å². The van der Waals surface area contributed by atoms with Gasteiger partial charge in [0.15, 0.2) is 0 Å². The first-order chi connectivity index (χ1) is 9.38. The lowest BCUT2D eigenvalue weighted by Gasteiger charge is -2.14. The fourth-order valence-corrected chi connectivity index (χ4v) is 2.69. The van der Waals surface area contributed by atoms with Crippen LogP contribution < -0.4 is 5.32 Å². The third-order valence-corrected chi connectivity index (χ3v) is 3.92. The molecule has 1 N–H and O–H groups in total. The molecule has 2 aromatic rings. The van der Waals surface area contributed by atoms with E-state index in [2.05, 4.69) is 27.4 Å². The Morgan fingerprint density at radius 3 is 3.21 bits per heavy atom. The average Bonchev–Trinajstić information content (AvgIpc) is 3.14. The van der Waals surface area contributed by atoms with Crippen molar-refractivity contribution >= 4 is 11.3 Å². The van der Waals surface area contributed by atoms with Gasteiger partial charge < -0.3 is 14.6 Å². The molecule has 1 aliphatic heterocycles. The predicted octanol–water partition coefficient (Wildman–Crippen LogP) is 1.68. The molecular weight excluding hydrogens is 264 g/mol. The second-order valence-electron chi connectivity index (χ2n) is 4.53. The van der Waals surface area contributed by atoms with E-state index in [0.717, 1.165) is 17.8 Å². The lowest BCUT2D eigenvalue weighted by molar-refractivity contribution is 0.184. The molecule has 3 rings (SSSR count). The maximum Gasteiger partial charge on any atom is 0.234 e. The first-order valence-electron chi connectivity index (χ1n) is 6.42. The van der Waals surface area contributed by atoms with Crippen molar-refractivity contribution in [3.63, 3.8) is 0 Å². The van der Waals surface area contributed by atoms with Crippen LogP contribution in [0.3, 0.4) is 0 Å². The van der Waals surface area contributed by atoms with Gasteiger partial charge in [0, 0.05) is 12.2 Å². The minimum Gasteiger partial charge on any atom is -0.379 e. The highest BCUT2D eigenvalue weighted by molar-refractivity contribution is 7.13. The molecule has 0 radical (unpaired) electrons. The van der Waals surface area contributed by atoms with E-state index < -0.39 is 0 Å². The zero-order valence-electron chi connectivity index (χ0n) is 10.7. The van der Waals surface area contributed by atoms with Gasteiger partial charge in [-0.2, -0.15) is 4.98 Å². The first-order valence-corrected chi connectivity index (χ1v) is 7.30. The largest absolute Gasteiger partial charge is 0.379 e. The van der Waals surface area contributed by atoms with Gasteiger partial charge in [0.05, 0.1) is 29.5 Å². The molecule has 7 heteroatoms. The van der Waals surface area contributed by atoms with E-state index in [1.54, 1.807) is 11.7 Å². The van der Waals surface area contributed by atoms with Crippen LogP contribution in [0.1, 0.15) is 25.2 Å². The Bertz CT molecular complexity index is 514. The lowest BCUT2D eigenvalue weighted by atomic mass is 10.0. The number of thiazole rings is 1. The Kier molecular flexibility index (Phi) is 3.86. The van der Waals surface area contributed by atoms with E-state index in [0.29, 0.717) is 24.9 Å². The molecule has 0 aliphatic carbocycles. The van der Waals surface area contributed by atoms with E-state index in [9.17, 15) is 0 Å². The summed E-state index contributed by atoms with van der Waals surface area (Å²) in [5.74, 6) is 1.40. The summed E-state index contributed by atoms with van der Waals surface area (Å²) in [7, 11) is 0. The number of hydrogen-bond acceptors (Lipinski definition) is 7. The van der Waals surface area contributed by atoms with E-state index >= 15 is 0 Å². The Balaban J connectivity index is 1.75. The first kappa shape index (κ1) is 12.7. The Labute approximate surface area is 115 Å². The fraction of sp³-hybridized carbons (Fsp3) is 0.583. The molecule has 1 fully saturated rings. The highest BCUT2D eigenvalue weighted by Crippen LogP contribution is 2.27. The van der Waals surface area contributed by atoms with Crippen molar-refractivity contribution in [3.8, 4) is 10.7 Å². The number of nitrogens with zero attached hydrogens (tertiary/aromatic N) is 3. The van der Waals surface area contributed by atoms with Crippen molar-refractivity contribution in [1.29, 1.82) is 0 Å². The van der Waals surface area contributed by atoms with Gasteiger partial charge in [0.1, 0.15) is 0 Å². The normalized spacial score (nSPS) is 23.0. The maximum atomic E-state index is 5.52. The summed E-state index contributed by atoms with van der Waals surface area (Å²) in [6, 6.07) is 0.259. The molecule has 0 amide bonds. The van der Waals surface area contributed by atoms with Gasteiger partial charge in [-0.05, 0) is 13.0 Å². The summed E-state index contributed by atoms with van der Waals surface area (Å²) < 4.78 is 10.9. The molecule has 6 nitrogen and oxygen atoms in total. The summed E-state index contributed by atoms with van der Waals surface area (Å²) in [6.07, 6.45) is 2.84. The molecule has 0 spiro atoms. The zero-order valence-corrected chi connectivity index (χ0v) is 11.5. The summed E-state index contributed by atoms with van der Waals surface area (Å²) in [6.45, 7) is 4.45. The number of nitrogens with one attached hydrogen (secondary N) is 1. The van der Waals surface area contributed by atoms with Crippen molar-refractivity contribution in [2.75, 3.05) is 19.8 Å². The van der Waals surface area contributed by atoms with Gasteiger partial charge in [-0.15, -0.1) is 11.3 Å². The summed E-state index contributed by atoms with van der Waals surface area (Å²) in [4.78, 5) is 9.41. The molecule has 0 bridgehead atoms. The van der Waals surface area contributed by atoms with Crippen LogP contribution in [-0.2, 0) is 4.74 Å². The third kappa shape index (κ3) is 2.68. The Morgan fingerprint density at radius 2 is 2.42 bits per heavy atom. The van der Waals surface area contributed by atoms with Crippen molar-refractivity contribution in [3.05, 3.63) is 17.6 Å². The average molecular weight is 280 g/mol. The minimum absolute atomic E-state index is 0.140. The monoisotopic (exact) mass is 280 g/mol. The Morgan fingerprint density at radius 1 is 1.47 bits per heavy atom. The van der Waals surface area contributed by atoms with Crippen LogP contribution >= 0.6 is 11.3 Å². The molecule has 2 atom stereocenters. The summed E-state index contributed by atoms with van der Waals surface area (Å²) in [5, 5.41) is 7.48. The minimum atomic E-state index is 0.140. The van der Waals surface area contributed by atoms with Crippen molar-refractivity contribution < 1.29 is 9.26 Å². The van der Waals surface area contributed by atoms with Crippen LogP contribution in [0.15, 0.2) is 16.2 Å². The van der Waals surface area contributed by atoms with Crippen LogP contribution in [0.4, 0.5) is 0 Å². The van der Waals surface area contributed by atoms with Crippen LogP contribution in [0.25, 0.3) is 10.7 Å². The van der Waals surface area contributed by atoms with Crippen LogP contribution in [0, 0.1) is 0 Å². The molecular formula is C12H16N4O2S. The van der Waals surface area contributed by atoms with Crippen LogP contribution in [0.5, 0.6) is 0 Å². The second kappa shape index (κ2) is 5.77. The third-order valence-electron chi connectivity index (χ3n) is 3.15. The fourth-order valence-electron chi connectivity index (χ4n) is 2.14. The maximum absolute atomic E-state index is 5.52.